The fraction of sp³-hybridized carbons (Fsp3) is 0.600. The van der Waals surface area contributed by atoms with Crippen LogP contribution >= 0.6 is 0 Å². The summed E-state index contributed by atoms with van der Waals surface area (Å²) < 4.78 is 76.4. The lowest BCUT2D eigenvalue weighted by Gasteiger charge is -2.33. The average molecular weight is 367 g/mol. The molecule has 1 saturated heterocycles. The van der Waals surface area contributed by atoms with Gasteiger partial charge in [-0.2, -0.15) is 17.5 Å². The lowest BCUT2D eigenvalue weighted by molar-refractivity contribution is -0.171. The Morgan fingerprint density at radius 2 is 1.75 bits per heavy atom. The standard InChI is InChI=1S/C15H20F3NO4S/c1-19(24(20,21)13-7-9-23-10-8-13)14(15(16,17)18)11-3-5-12(22-2)6-4-11/h3-6,13-14H,7-10H2,1-2H3. The normalized spacial score (nSPS) is 18.6. The van der Waals surface area contributed by atoms with Crippen molar-refractivity contribution in [1.82, 2.24) is 4.31 Å². The zero-order valence-corrected chi connectivity index (χ0v) is 14.2. The molecule has 0 aliphatic carbocycles. The van der Waals surface area contributed by atoms with Crippen LogP contribution in [0.25, 0.3) is 0 Å². The van der Waals surface area contributed by atoms with Gasteiger partial charge in [0.15, 0.2) is 0 Å². The molecule has 0 N–H and O–H groups in total. The molecule has 1 aliphatic rings. The van der Waals surface area contributed by atoms with E-state index < -0.39 is 27.5 Å². The summed E-state index contributed by atoms with van der Waals surface area (Å²) in [4.78, 5) is 0. The van der Waals surface area contributed by atoms with Crippen LogP contribution in [0.15, 0.2) is 24.3 Å². The van der Waals surface area contributed by atoms with Crippen LogP contribution in [0.2, 0.25) is 0 Å². The molecule has 0 radical (unpaired) electrons. The summed E-state index contributed by atoms with van der Waals surface area (Å²) in [5, 5.41) is -0.862. The van der Waals surface area contributed by atoms with E-state index in [2.05, 4.69) is 0 Å². The molecule has 0 aromatic heterocycles. The van der Waals surface area contributed by atoms with Crippen molar-refractivity contribution in [2.45, 2.75) is 30.3 Å². The van der Waals surface area contributed by atoms with Gasteiger partial charge in [0.25, 0.3) is 0 Å². The van der Waals surface area contributed by atoms with Gasteiger partial charge < -0.3 is 9.47 Å². The van der Waals surface area contributed by atoms with Crippen molar-refractivity contribution < 1.29 is 31.1 Å². The topological polar surface area (TPSA) is 55.8 Å². The zero-order chi connectivity index (χ0) is 18.0. The van der Waals surface area contributed by atoms with Crippen LogP contribution in [0.1, 0.15) is 24.4 Å². The maximum Gasteiger partial charge on any atom is 0.409 e. The van der Waals surface area contributed by atoms with Crippen LogP contribution in [0, 0.1) is 0 Å². The smallest absolute Gasteiger partial charge is 0.409 e. The number of ether oxygens (including phenoxy) is 2. The summed E-state index contributed by atoms with van der Waals surface area (Å²) >= 11 is 0. The van der Waals surface area contributed by atoms with Crippen LogP contribution in [-0.4, -0.2) is 51.5 Å². The molecule has 136 valence electrons. The molecule has 0 bridgehead atoms. The Kier molecular flexibility index (Phi) is 5.77. The predicted molar refractivity (Wildman–Crippen MR) is 82.3 cm³/mol. The Morgan fingerprint density at radius 1 is 1.21 bits per heavy atom. The molecule has 1 unspecified atom stereocenters. The first-order valence-corrected chi connectivity index (χ1v) is 8.93. The Bertz CT molecular complexity index is 640. The molecule has 1 aromatic carbocycles. The molecule has 0 spiro atoms. The molecule has 1 aromatic rings. The second-order valence-corrected chi connectivity index (χ2v) is 7.86. The highest BCUT2D eigenvalue weighted by molar-refractivity contribution is 7.89. The molecule has 1 fully saturated rings. The molecule has 24 heavy (non-hydrogen) atoms. The minimum absolute atomic E-state index is 0.151. The van der Waals surface area contributed by atoms with Gasteiger partial charge in [-0.05, 0) is 30.5 Å². The maximum atomic E-state index is 13.6. The van der Waals surface area contributed by atoms with E-state index in [1.165, 1.54) is 31.4 Å². The highest BCUT2D eigenvalue weighted by atomic mass is 32.2. The van der Waals surface area contributed by atoms with Crippen LogP contribution < -0.4 is 4.74 Å². The number of methoxy groups -OCH3 is 1. The fourth-order valence-corrected chi connectivity index (χ4v) is 4.54. The number of rotatable bonds is 5. The molecular weight excluding hydrogens is 347 g/mol. The number of sulfonamides is 1. The highest BCUT2D eigenvalue weighted by Crippen LogP contribution is 2.40. The van der Waals surface area contributed by atoms with Crippen molar-refractivity contribution in [3.05, 3.63) is 29.8 Å². The number of benzene rings is 1. The second kappa shape index (κ2) is 7.28. The number of halogens is 3. The van der Waals surface area contributed by atoms with Crippen molar-refractivity contribution in [1.29, 1.82) is 0 Å². The van der Waals surface area contributed by atoms with E-state index in [0.717, 1.165) is 7.05 Å². The quantitative estimate of drug-likeness (QED) is 0.803. The zero-order valence-electron chi connectivity index (χ0n) is 13.4. The van der Waals surface area contributed by atoms with E-state index in [0.29, 0.717) is 10.1 Å². The van der Waals surface area contributed by atoms with Crippen LogP contribution in [0.4, 0.5) is 13.2 Å². The van der Waals surface area contributed by atoms with Crippen molar-refractivity contribution >= 4 is 10.0 Å². The first kappa shape index (κ1) is 19.0. The monoisotopic (exact) mass is 367 g/mol. The molecule has 1 atom stereocenters. The maximum absolute atomic E-state index is 13.6. The molecule has 0 saturated carbocycles. The number of hydrogen-bond acceptors (Lipinski definition) is 4. The van der Waals surface area contributed by atoms with Gasteiger partial charge in [0, 0.05) is 20.3 Å². The Balaban J connectivity index is 2.36. The Labute approximate surface area is 139 Å². The second-order valence-electron chi connectivity index (χ2n) is 5.59. The fourth-order valence-electron chi connectivity index (χ4n) is 2.75. The Morgan fingerprint density at radius 3 is 2.21 bits per heavy atom. The predicted octanol–water partition coefficient (Wildman–Crippen LogP) is 2.74. The SMILES string of the molecule is COc1ccc(C(N(C)S(=O)(=O)C2CCOCC2)C(F)(F)F)cc1. The van der Waals surface area contributed by atoms with Crippen molar-refractivity contribution in [3.8, 4) is 5.75 Å². The van der Waals surface area contributed by atoms with E-state index in [-0.39, 0.29) is 31.6 Å². The third-order valence-corrected chi connectivity index (χ3v) is 6.42. The molecule has 9 heteroatoms. The number of nitrogens with zero attached hydrogens (tertiary/aromatic N) is 1. The lowest BCUT2D eigenvalue weighted by atomic mass is 10.1. The number of alkyl halides is 3. The molecular formula is C15H20F3NO4S. The van der Waals surface area contributed by atoms with E-state index in [9.17, 15) is 21.6 Å². The van der Waals surface area contributed by atoms with Gasteiger partial charge in [0.05, 0.1) is 12.4 Å². The molecule has 1 aliphatic heterocycles. The minimum atomic E-state index is -4.73. The van der Waals surface area contributed by atoms with E-state index >= 15 is 0 Å². The summed E-state index contributed by atoms with van der Waals surface area (Å²) in [7, 11) is -1.73. The van der Waals surface area contributed by atoms with Crippen LogP contribution in [0.3, 0.4) is 0 Å². The van der Waals surface area contributed by atoms with E-state index in [1.54, 1.807) is 0 Å². The summed E-state index contributed by atoms with van der Waals surface area (Å²) in [6.45, 7) is 0.466. The van der Waals surface area contributed by atoms with E-state index in [4.69, 9.17) is 9.47 Å². The average Bonchev–Trinajstić information content (AvgIpc) is 2.55. The molecule has 0 amide bonds. The highest BCUT2D eigenvalue weighted by Gasteiger charge is 2.49. The third kappa shape index (κ3) is 4.01. The summed E-state index contributed by atoms with van der Waals surface area (Å²) in [6, 6.07) is 2.97. The first-order valence-electron chi connectivity index (χ1n) is 7.43. The molecule has 2 rings (SSSR count). The lowest BCUT2D eigenvalue weighted by Crippen LogP contribution is -2.45. The van der Waals surface area contributed by atoms with Crippen molar-refractivity contribution in [2.24, 2.45) is 0 Å². The number of hydrogen-bond donors (Lipinski definition) is 0. The van der Waals surface area contributed by atoms with Gasteiger partial charge in [-0.1, -0.05) is 12.1 Å². The van der Waals surface area contributed by atoms with E-state index in [1.807, 2.05) is 0 Å². The molecule has 5 nitrogen and oxygen atoms in total. The van der Waals surface area contributed by atoms with Gasteiger partial charge >= 0.3 is 6.18 Å². The summed E-state index contributed by atoms with van der Waals surface area (Å²) in [5.74, 6) is 0.398. The van der Waals surface area contributed by atoms with Gasteiger partial charge in [0.1, 0.15) is 11.8 Å². The van der Waals surface area contributed by atoms with Gasteiger partial charge in [-0.3, -0.25) is 0 Å². The van der Waals surface area contributed by atoms with Crippen molar-refractivity contribution in [2.75, 3.05) is 27.4 Å². The van der Waals surface area contributed by atoms with Crippen LogP contribution in [-0.2, 0) is 14.8 Å². The first-order chi connectivity index (χ1) is 11.2. The van der Waals surface area contributed by atoms with Crippen LogP contribution in [0.5, 0.6) is 5.75 Å². The van der Waals surface area contributed by atoms with Crippen molar-refractivity contribution in [3.63, 3.8) is 0 Å². The summed E-state index contributed by atoms with van der Waals surface area (Å²) in [6.07, 6.45) is -4.35. The Hall–Kier alpha value is -1.32. The van der Waals surface area contributed by atoms with Gasteiger partial charge in [-0.15, -0.1) is 0 Å². The third-order valence-electron chi connectivity index (χ3n) is 4.10. The minimum Gasteiger partial charge on any atom is -0.497 e. The summed E-state index contributed by atoms with van der Waals surface area (Å²) in [5.41, 5.74) is -0.151. The largest absolute Gasteiger partial charge is 0.497 e. The molecule has 1 heterocycles. The van der Waals surface area contributed by atoms with Gasteiger partial charge in [-0.25, -0.2) is 8.42 Å². The van der Waals surface area contributed by atoms with Gasteiger partial charge in [0.2, 0.25) is 10.0 Å².